The molecule has 0 bridgehead atoms. The third-order valence-corrected chi connectivity index (χ3v) is 6.28. The van der Waals surface area contributed by atoms with Crippen molar-refractivity contribution < 1.29 is 4.79 Å². The largest absolute Gasteiger partial charge is 0.294 e. The first-order chi connectivity index (χ1) is 14.2. The summed E-state index contributed by atoms with van der Waals surface area (Å²) in [6.45, 7) is 0. The molecule has 0 saturated heterocycles. The molecule has 0 spiro atoms. The predicted octanol–water partition coefficient (Wildman–Crippen LogP) is 4.98. The van der Waals surface area contributed by atoms with Gasteiger partial charge in [0.05, 0.1) is 11.3 Å². The first-order valence-electron chi connectivity index (χ1n) is 9.37. The van der Waals surface area contributed by atoms with Crippen molar-refractivity contribution >= 4 is 34.9 Å². The van der Waals surface area contributed by atoms with Crippen LogP contribution in [0, 0.1) is 0 Å². The molecule has 0 unspecified atom stereocenters. The topological polar surface area (TPSA) is 60.2 Å². The quantitative estimate of drug-likeness (QED) is 0.435. The molecule has 7 heteroatoms. The summed E-state index contributed by atoms with van der Waals surface area (Å²) in [6.07, 6.45) is 2.95. The van der Waals surface area contributed by atoms with E-state index in [4.69, 9.17) is 11.6 Å². The van der Waals surface area contributed by atoms with Gasteiger partial charge in [-0.05, 0) is 35.6 Å². The zero-order valence-electron chi connectivity index (χ0n) is 15.5. The van der Waals surface area contributed by atoms with Gasteiger partial charge in [-0.3, -0.25) is 4.79 Å². The summed E-state index contributed by atoms with van der Waals surface area (Å²) in [5.41, 5.74) is 3.76. The second kappa shape index (κ2) is 7.61. The second-order valence-electron chi connectivity index (χ2n) is 7.09. The Bertz CT molecular complexity index is 1190. The highest BCUT2D eigenvalue weighted by Crippen LogP contribution is 2.32. The van der Waals surface area contributed by atoms with Gasteiger partial charge >= 0.3 is 0 Å². The van der Waals surface area contributed by atoms with Crippen molar-refractivity contribution in [3.05, 3.63) is 88.2 Å². The molecule has 1 aliphatic carbocycles. The van der Waals surface area contributed by atoms with Gasteiger partial charge in [0.1, 0.15) is 0 Å². The minimum Gasteiger partial charge on any atom is -0.294 e. The number of carbonyl (C=O) groups is 1. The number of benzene rings is 2. The normalized spacial score (nSPS) is 16.2. The molecule has 29 heavy (non-hydrogen) atoms. The van der Waals surface area contributed by atoms with E-state index in [-0.39, 0.29) is 11.7 Å². The minimum atomic E-state index is 0.0922. The number of hydrogen-bond donors (Lipinski definition) is 0. The first kappa shape index (κ1) is 18.3. The van der Waals surface area contributed by atoms with Crippen LogP contribution < -0.4 is 0 Å². The number of aromatic nitrogens is 4. The number of carbonyl (C=O) groups excluding carboxylic acids is 1. The lowest BCUT2D eigenvalue weighted by molar-refractivity contribution is 0.0962. The second-order valence-corrected chi connectivity index (χ2v) is 8.47. The minimum absolute atomic E-state index is 0.0922. The molecule has 1 atom stereocenters. The third-order valence-electron chi connectivity index (χ3n) is 5.12. The summed E-state index contributed by atoms with van der Waals surface area (Å²) < 4.78 is 1.62. The number of rotatable bonds is 4. The van der Waals surface area contributed by atoms with Crippen LogP contribution in [0.2, 0.25) is 5.02 Å². The molecule has 5 rings (SSSR count). The van der Waals surface area contributed by atoms with Crippen molar-refractivity contribution in [1.29, 1.82) is 0 Å². The van der Waals surface area contributed by atoms with Crippen LogP contribution in [0.3, 0.4) is 0 Å². The standard InChI is InChI=1S/C22H17ClN4OS/c23-17-8-6-15(7-9-17)16-10-19-18(20(28)11-16)12-27-21(24-19)25-22(26-27)29-13-14-4-2-1-3-5-14/h1-9,12,16H,10-11,13H2/t16-/m0/s1. The Balaban J connectivity index is 1.41. The summed E-state index contributed by atoms with van der Waals surface area (Å²) in [7, 11) is 0. The van der Waals surface area contributed by atoms with Gasteiger partial charge in [-0.15, -0.1) is 5.10 Å². The Morgan fingerprint density at radius 3 is 2.62 bits per heavy atom. The molecule has 0 aliphatic heterocycles. The molecule has 0 N–H and O–H groups in total. The Morgan fingerprint density at radius 1 is 1.03 bits per heavy atom. The van der Waals surface area contributed by atoms with Crippen molar-refractivity contribution in [2.45, 2.75) is 29.7 Å². The number of hydrogen-bond acceptors (Lipinski definition) is 5. The fraction of sp³-hybridized carbons (Fsp3) is 0.182. The van der Waals surface area contributed by atoms with Gasteiger partial charge in [0.2, 0.25) is 5.16 Å². The maximum Gasteiger partial charge on any atom is 0.253 e. The molecule has 2 aromatic heterocycles. The Labute approximate surface area is 177 Å². The van der Waals surface area contributed by atoms with Crippen LogP contribution in [0.25, 0.3) is 5.78 Å². The van der Waals surface area contributed by atoms with Crippen LogP contribution in [0.15, 0.2) is 66.0 Å². The van der Waals surface area contributed by atoms with Crippen LogP contribution >= 0.6 is 23.4 Å². The van der Waals surface area contributed by atoms with E-state index >= 15 is 0 Å². The molecule has 2 heterocycles. The lowest BCUT2D eigenvalue weighted by Gasteiger charge is -2.23. The highest BCUT2D eigenvalue weighted by molar-refractivity contribution is 7.98. The number of Topliss-reactive ketones (excluding diaryl/α,β-unsaturated/α-hetero) is 1. The molecule has 144 valence electrons. The van der Waals surface area contributed by atoms with Crippen LogP contribution in [-0.2, 0) is 12.2 Å². The Hall–Kier alpha value is -2.70. The maximum absolute atomic E-state index is 12.8. The van der Waals surface area contributed by atoms with Crippen LogP contribution in [0.5, 0.6) is 0 Å². The number of thioether (sulfide) groups is 1. The van der Waals surface area contributed by atoms with E-state index in [9.17, 15) is 4.79 Å². The third kappa shape index (κ3) is 3.78. The van der Waals surface area contributed by atoms with Crippen LogP contribution in [0.4, 0.5) is 0 Å². The van der Waals surface area contributed by atoms with Crippen molar-refractivity contribution in [2.24, 2.45) is 0 Å². The zero-order valence-corrected chi connectivity index (χ0v) is 17.0. The molecule has 0 fully saturated rings. The average molecular weight is 421 g/mol. The highest BCUT2D eigenvalue weighted by Gasteiger charge is 2.28. The van der Waals surface area contributed by atoms with Gasteiger partial charge in [0.25, 0.3) is 5.78 Å². The monoisotopic (exact) mass is 420 g/mol. The molecular formula is C22H17ClN4OS. The summed E-state index contributed by atoms with van der Waals surface area (Å²) in [5, 5.41) is 5.85. The molecule has 0 amide bonds. The lowest BCUT2D eigenvalue weighted by atomic mass is 9.82. The van der Waals surface area contributed by atoms with Crippen molar-refractivity contribution in [3.63, 3.8) is 0 Å². The maximum atomic E-state index is 12.8. The molecule has 1 aliphatic rings. The van der Waals surface area contributed by atoms with Crippen LogP contribution in [0.1, 0.15) is 39.5 Å². The lowest BCUT2D eigenvalue weighted by Crippen LogP contribution is -2.21. The van der Waals surface area contributed by atoms with Gasteiger partial charge in [-0.2, -0.15) is 4.98 Å². The summed E-state index contributed by atoms with van der Waals surface area (Å²) in [5.74, 6) is 1.52. The molecule has 0 radical (unpaired) electrons. The number of fused-ring (bicyclic) bond motifs is 2. The number of ketones is 1. The first-order valence-corrected chi connectivity index (χ1v) is 10.7. The van der Waals surface area contributed by atoms with Gasteiger partial charge < -0.3 is 0 Å². The fourth-order valence-corrected chi connectivity index (χ4v) is 4.52. The average Bonchev–Trinajstić information content (AvgIpc) is 3.14. The zero-order chi connectivity index (χ0) is 19.8. The number of halogens is 1. The van der Waals surface area contributed by atoms with E-state index < -0.39 is 0 Å². The molecular weight excluding hydrogens is 404 g/mol. The van der Waals surface area contributed by atoms with Gasteiger partial charge in [-0.25, -0.2) is 9.50 Å². The number of nitrogens with zero attached hydrogens (tertiary/aromatic N) is 4. The van der Waals surface area contributed by atoms with Crippen LogP contribution in [-0.4, -0.2) is 25.4 Å². The molecule has 2 aromatic carbocycles. The van der Waals surface area contributed by atoms with Gasteiger partial charge in [0, 0.05) is 23.4 Å². The van der Waals surface area contributed by atoms with Gasteiger partial charge in [0.15, 0.2) is 5.78 Å². The molecule has 5 nitrogen and oxygen atoms in total. The van der Waals surface area contributed by atoms with Crippen molar-refractivity contribution in [1.82, 2.24) is 19.6 Å². The molecule has 4 aromatic rings. The molecule has 0 saturated carbocycles. The van der Waals surface area contributed by atoms with E-state index in [0.717, 1.165) is 17.0 Å². The summed E-state index contributed by atoms with van der Waals surface area (Å²) in [6, 6.07) is 17.9. The summed E-state index contributed by atoms with van der Waals surface area (Å²) in [4.78, 5) is 22.0. The van der Waals surface area contributed by atoms with E-state index in [1.807, 2.05) is 42.5 Å². The summed E-state index contributed by atoms with van der Waals surface area (Å²) >= 11 is 7.55. The Kier molecular flexibility index (Phi) is 4.81. The van der Waals surface area contributed by atoms with E-state index in [1.165, 1.54) is 5.56 Å². The van der Waals surface area contributed by atoms with Crippen molar-refractivity contribution in [2.75, 3.05) is 0 Å². The van der Waals surface area contributed by atoms with E-state index in [2.05, 4.69) is 27.2 Å². The van der Waals surface area contributed by atoms with E-state index in [0.29, 0.717) is 34.4 Å². The smallest absolute Gasteiger partial charge is 0.253 e. The fourth-order valence-electron chi connectivity index (χ4n) is 3.62. The Morgan fingerprint density at radius 2 is 1.83 bits per heavy atom. The predicted molar refractivity (Wildman–Crippen MR) is 114 cm³/mol. The highest BCUT2D eigenvalue weighted by atomic mass is 35.5. The van der Waals surface area contributed by atoms with Crippen molar-refractivity contribution in [3.8, 4) is 0 Å². The van der Waals surface area contributed by atoms with Gasteiger partial charge in [-0.1, -0.05) is 65.8 Å². The SMILES string of the molecule is O=C1C[C@@H](c2ccc(Cl)cc2)Cc2nc3nc(SCc4ccccc4)nn3cc21. The van der Waals surface area contributed by atoms with E-state index in [1.54, 1.807) is 22.5 Å².